The monoisotopic (exact) mass is 586 g/mol. The van der Waals surface area contributed by atoms with E-state index in [-0.39, 0.29) is 55.1 Å². The average Bonchev–Trinajstić information content (AvgIpc) is 3.25. The molecule has 0 unspecified atom stereocenters. The number of anilines is 1. The molecular formula is C28H38N6O8. The Morgan fingerprint density at radius 2 is 1.52 bits per heavy atom. The van der Waals surface area contributed by atoms with E-state index < -0.39 is 35.9 Å². The summed E-state index contributed by atoms with van der Waals surface area (Å²) in [5.41, 5.74) is 5.45. The standard InChI is InChI=1S/C28H38N6O8/c1-17(2)24(33-21(35)8-4-3-5-16-34-22(36)13-14-23(34)37)26(39)32-20(7-6-15-30-28(29)42)25(38)31-19-11-9-18(10-12-19)27(40)41/h9-14,17,20,24H,3-8,15-16H2,1-2H3,(H,31,38)(H,32,39)(H,33,35)(H,40,41)(H3,29,30,42)/t20-,24-/m0/s1. The number of carboxylic acids is 1. The van der Waals surface area contributed by atoms with Crippen LogP contribution >= 0.6 is 0 Å². The van der Waals surface area contributed by atoms with E-state index in [1.165, 1.54) is 36.4 Å². The lowest BCUT2D eigenvalue weighted by atomic mass is 10.0. The van der Waals surface area contributed by atoms with E-state index >= 15 is 0 Å². The molecule has 0 bridgehead atoms. The number of hydrogen-bond donors (Lipinski definition) is 6. The van der Waals surface area contributed by atoms with Crippen LogP contribution in [0.3, 0.4) is 0 Å². The van der Waals surface area contributed by atoms with Crippen LogP contribution in [0.25, 0.3) is 0 Å². The summed E-state index contributed by atoms with van der Waals surface area (Å²) in [7, 11) is 0. The third-order valence-electron chi connectivity index (χ3n) is 6.45. The Balaban J connectivity index is 1.94. The summed E-state index contributed by atoms with van der Waals surface area (Å²) >= 11 is 0. The van der Waals surface area contributed by atoms with E-state index in [0.29, 0.717) is 31.4 Å². The van der Waals surface area contributed by atoms with Gasteiger partial charge in [-0.25, -0.2) is 9.59 Å². The number of amides is 7. The summed E-state index contributed by atoms with van der Waals surface area (Å²) in [6, 6.07) is 2.81. The molecule has 14 nitrogen and oxygen atoms in total. The third kappa shape index (κ3) is 11.0. The SMILES string of the molecule is CC(C)[C@H](NC(=O)CCCCCN1C(=O)C=CC1=O)C(=O)N[C@@H](CCCNC(N)=O)C(=O)Nc1ccc(C(=O)O)cc1. The molecule has 0 spiro atoms. The number of imide groups is 1. The maximum Gasteiger partial charge on any atom is 0.335 e. The number of carboxylic acid groups (broad SMARTS) is 1. The Kier molecular flexibility index (Phi) is 13.1. The van der Waals surface area contributed by atoms with Crippen molar-refractivity contribution in [2.75, 3.05) is 18.4 Å². The lowest BCUT2D eigenvalue weighted by Crippen LogP contribution is -2.54. The number of nitrogens with zero attached hydrogens (tertiary/aromatic N) is 1. The molecular weight excluding hydrogens is 548 g/mol. The van der Waals surface area contributed by atoms with Gasteiger partial charge in [0.2, 0.25) is 17.7 Å². The summed E-state index contributed by atoms with van der Waals surface area (Å²) in [4.78, 5) is 85.3. The number of aromatic carboxylic acids is 1. The highest BCUT2D eigenvalue weighted by Gasteiger charge is 2.29. The van der Waals surface area contributed by atoms with Crippen molar-refractivity contribution >= 4 is 47.2 Å². The van der Waals surface area contributed by atoms with Crippen molar-refractivity contribution in [3.05, 3.63) is 42.0 Å². The van der Waals surface area contributed by atoms with Crippen LogP contribution < -0.4 is 27.0 Å². The maximum atomic E-state index is 13.2. The number of urea groups is 1. The second kappa shape index (κ2) is 16.5. The Bertz CT molecular complexity index is 1180. The first-order chi connectivity index (χ1) is 19.9. The third-order valence-corrected chi connectivity index (χ3v) is 6.45. The van der Waals surface area contributed by atoms with Crippen molar-refractivity contribution in [2.45, 2.75) is 64.5 Å². The predicted octanol–water partition coefficient (Wildman–Crippen LogP) is 0.883. The topological polar surface area (TPSA) is 217 Å². The summed E-state index contributed by atoms with van der Waals surface area (Å²) in [5, 5.41) is 19.5. The van der Waals surface area contributed by atoms with Crippen LogP contribution in [0.5, 0.6) is 0 Å². The highest BCUT2D eigenvalue weighted by molar-refractivity contribution is 6.12. The van der Waals surface area contributed by atoms with Crippen molar-refractivity contribution in [3.63, 3.8) is 0 Å². The van der Waals surface area contributed by atoms with Crippen LogP contribution in [-0.2, 0) is 24.0 Å². The zero-order chi connectivity index (χ0) is 31.2. The highest BCUT2D eigenvalue weighted by atomic mass is 16.4. The number of rotatable bonds is 17. The number of carbonyl (C=O) groups is 7. The molecule has 228 valence electrons. The molecule has 1 heterocycles. The molecule has 0 saturated carbocycles. The van der Waals surface area contributed by atoms with Crippen LogP contribution in [0.1, 0.15) is 62.7 Å². The lowest BCUT2D eigenvalue weighted by molar-refractivity contribution is -0.137. The molecule has 2 rings (SSSR count). The Morgan fingerprint density at radius 1 is 0.881 bits per heavy atom. The quantitative estimate of drug-likeness (QED) is 0.113. The first-order valence-electron chi connectivity index (χ1n) is 13.7. The Labute approximate surface area is 243 Å². The zero-order valence-corrected chi connectivity index (χ0v) is 23.7. The molecule has 0 aromatic heterocycles. The van der Waals surface area contributed by atoms with Crippen molar-refractivity contribution in [2.24, 2.45) is 11.7 Å². The van der Waals surface area contributed by atoms with Gasteiger partial charge < -0.3 is 32.1 Å². The van der Waals surface area contributed by atoms with E-state index in [1.807, 2.05) is 0 Å². The van der Waals surface area contributed by atoms with Gasteiger partial charge in [0.25, 0.3) is 11.8 Å². The van der Waals surface area contributed by atoms with Gasteiger partial charge in [-0.05, 0) is 55.9 Å². The van der Waals surface area contributed by atoms with Gasteiger partial charge in [-0.1, -0.05) is 20.3 Å². The first kappa shape index (κ1) is 33.5. The number of nitrogens with two attached hydrogens (primary N) is 1. The van der Waals surface area contributed by atoms with Crippen molar-refractivity contribution in [3.8, 4) is 0 Å². The molecule has 2 atom stereocenters. The normalized spacial score (nSPS) is 13.9. The van der Waals surface area contributed by atoms with E-state index in [4.69, 9.17) is 10.8 Å². The van der Waals surface area contributed by atoms with Gasteiger partial charge in [-0.2, -0.15) is 0 Å². The molecule has 0 radical (unpaired) electrons. The van der Waals surface area contributed by atoms with Crippen LogP contribution in [-0.4, -0.2) is 76.7 Å². The molecule has 1 aromatic rings. The summed E-state index contributed by atoms with van der Waals surface area (Å²) < 4.78 is 0. The van der Waals surface area contributed by atoms with Gasteiger partial charge in [0.05, 0.1) is 5.56 Å². The van der Waals surface area contributed by atoms with Gasteiger partial charge >= 0.3 is 12.0 Å². The minimum atomic E-state index is -1.12. The van der Waals surface area contributed by atoms with E-state index in [1.54, 1.807) is 13.8 Å². The highest BCUT2D eigenvalue weighted by Crippen LogP contribution is 2.13. The molecule has 0 fully saturated rings. The van der Waals surface area contributed by atoms with E-state index in [9.17, 15) is 33.6 Å². The maximum absolute atomic E-state index is 13.2. The second-order valence-corrected chi connectivity index (χ2v) is 10.1. The molecule has 7 amide bonds. The molecule has 1 aliphatic rings. The number of carbonyl (C=O) groups excluding carboxylic acids is 6. The number of hydrogen-bond acceptors (Lipinski definition) is 7. The molecule has 7 N–H and O–H groups in total. The smallest absolute Gasteiger partial charge is 0.335 e. The Morgan fingerprint density at radius 3 is 2.10 bits per heavy atom. The number of primary amides is 1. The second-order valence-electron chi connectivity index (χ2n) is 10.1. The molecule has 0 saturated heterocycles. The molecule has 1 aromatic carbocycles. The van der Waals surface area contributed by atoms with Gasteiger partial charge in [-0.15, -0.1) is 0 Å². The Hall–Kier alpha value is -4.75. The minimum absolute atomic E-state index is 0.0417. The van der Waals surface area contributed by atoms with Gasteiger partial charge in [0, 0.05) is 37.3 Å². The van der Waals surface area contributed by atoms with Crippen molar-refractivity contribution in [1.29, 1.82) is 0 Å². The van der Waals surface area contributed by atoms with E-state index in [0.717, 1.165) is 4.90 Å². The van der Waals surface area contributed by atoms with Crippen LogP contribution in [0.15, 0.2) is 36.4 Å². The predicted molar refractivity (Wildman–Crippen MR) is 152 cm³/mol. The first-order valence-corrected chi connectivity index (χ1v) is 13.7. The van der Waals surface area contributed by atoms with Crippen LogP contribution in [0, 0.1) is 5.92 Å². The summed E-state index contributed by atoms with van der Waals surface area (Å²) in [5.74, 6) is -3.62. The summed E-state index contributed by atoms with van der Waals surface area (Å²) in [6.45, 7) is 3.94. The van der Waals surface area contributed by atoms with Gasteiger partial charge in [-0.3, -0.25) is 28.9 Å². The fraction of sp³-hybridized carbons (Fsp3) is 0.464. The fourth-order valence-electron chi connectivity index (χ4n) is 4.14. The van der Waals surface area contributed by atoms with Crippen LogP contribution in [0.2, 0.25) is 0 Å². The fourth-order valence-corrected chi connectivity index (χ4v) is 4.14. The summed E-state index contributed by atoms with van der Waals surface area (Å²) in [6.07, 6.45) is 4.64. The molecule has 1 aliphatic heterocycles. The van der Waals surface area contributed by atoms with E-state index in [2.05, 4.69) is 21.3 Å². The average molecular weight is 587 g/mol. The van der Waals surface area contributed by atoms with Crippen molar-refractivity contribution in [1.82, 2.24) is 20.9 Å². The van der Waals surface area contributed by atoms with Crippen LogP contribution in [0.4, 0.5) is 10.5 Å². The molecule has 0 aliphatic carbocycles. The lowest BCUT2D eigenvalue weighted by Gasteiger charge is -2.25. The number of unbranched alkanes of at least 4 members (excludes halogenated alkanes) is 2. The van der Waals surface area contributed by atoms with Gasteiger partial charge in [0.1, 0.15) is 12.1 Å². The number of benzene rings is 1. The largest absolute Gasteiger partial charge is 0.478 e. The zero-order valence-electron chi connectivity index (χ0n) is 23.7. The van der Waals surface area contributed by atoms with Crippen molar-refractivity contribution < 1.29 is 38.7 Å². The molecule has 14 heteroatoms. The van der Waals surface area contributed by atoms with Gasteiger partial charge in [0.15, 0.2) is 0 Å². The molecule has 42 heavy (non-hydrogen) atoms. The minimum Gasteiger partial charge on any atom is -0.478 e. The number of nitrogens with one attached hydrogen (secondary N) is 4.